The Morgan fingerprint density at radius 3 is 2.70 bits per heavy atom. The standard InChI is InChI=1S/C11H14BrNO5S2/c12-10-9(5-8(19-10)11(14)15)20(16,17)13-6-7-1-3-18-4-2-7/h5,7,13H,1-4,6H2,(H,14,15). The van der Waals surface area contributed by atoms with Crippen molar-refractivity contribution in [2.45, 2.75) is 17.7 Å². The smallest absolute Gasteiger partial charge is 0.345 e. The van der Waals surface area contributed by atoms with Crippen molar-refractivity contribution >= 4 is 43.3 Å². The number of sulfonamides is 1. The molecule has 2 N–H and O–H groups in total. The minimum atomic E-state index is -3.69. The number of rotatable bonds is 5. The molecule has 1 aromatic rings. The summed E-state index contributed by atoms with van der Waals surface area (Å²) in [7, 11) is -3.69. The highest BCUT2D eigenvalue weighted by Crippen LogP contribution is 2.31. The van der Waals surface area contributed by atoms with E-state index in [2.05, 4.69) is 20.7 Å². The van der Waals surface area contributed by atoms with Crippen LogP contribution in [0.3, 0.4) is 0 Å². The van der Waals surface area contributed by atoms with Crippen molar-refractivity contribution in [2.75, 3.05) is 19.8 Å². The molecule has 1 saturated heterocycles. The zero-order chi connectivity index (χ0) is 14.8. The molecule has 0 aromatic carbocycles. The van der Waals surface area contributed by atoms with Crippen LogP contribution in [0.25, 0.3) is 0 Å². The van der Waals surface area contributed by atoms with Crippen LogP contribution < -0.4 is 4.72 Å². The molecule has 6 nitrogen and oxygen atoms in total. The van der Waals surface area contributed by atoms with Crippen molar-refractivity contribution < 1.29 is 23.1 Å². The van der Waals surface area contributed by atoms with Gasteiger partial charge < -0.3 is 9.84 Å². The van der Waals surface area contributed by atoms with Crippen LogP contribution in [0, 0.1) is 5.92 Å². The van der Waals surface area contributed by atoms with Crippen molar-refractivity contribution in [1.82, 2.24) is 4.72 Å². The van der Waals surface area contributed by atoms with Crippen molar-refractivity contribution in [1.29, 1.82) is 0 Å². The van der Waals surface area contributed by atoms with E-state index in [9.17, 15) is 13.2 Å². The molecule has 0 amide bonds. The van der Waals surface area contributed by atoms with E-state index in [0.717, 1.165) is 24.2 Å². The lowest BCUT2D eigenvalue weighted by molar-refractivity contribution is 0.0677. The van der Waals surface area contributed by atoms with Gasteiger partial charge in [0.1, 0.15) is 9.77 Å². The predicted molar refractivity (Wildman–Crippen MR) is 77.7 cm³/mol. The Morgan fingerprint density at radius 1 is 1.50 bits per heavy atom. The van der Waals surface area contributed by atoms with Crippen LogP contribution in [-0.2, 0) is 14.8 Å². The van der Waals surface area contributed by atoms with Gasteiger partial charge in [-0.25, -0.2) is 17.9 Å². The fraction of sp³-hybridized carbons (Fsp3) is 0.545. The number of hydrogen-bond donors (Lipinski definition) is 2. The Balaban J connectivity index is 2.07. The summed E-state index contributed by atoms with van der Waals surface area (Å²) in [5.74, 6) is -0.878. The van der Waals surface area contributed by atoms with Crippen LogP contribution in [0.1, 0.15) is 22.5 Å². The fourth-order valence-electron chi connectivity index (χ4n) is 1.90. The van der Waals surface area contributed by atoms with E-state index in [1.807, 2.05) is 0 Å². The maximum Gasteiger partial charge on any atom is 0.345 e. The highest BCUT2D eigenvalue weighted by Gasteiger charge is 2.24. The van der Waals surface area contributed by atoms with Gasteiger partial charge in [-0.15, -0.1) is 11.3 Å². The van der Waals surface area contributed by atoms with Gasteiger partial charge in [0.05, 0.1) is 3.79 Å². The lowest BCUT2D eigenvalue weighted by Gasteiger charge is -2.22. The summed E-state index contributed by atoms with van der Waals surface area (Å²) >= 11 is 3.99. The van der Waals surface area contributed by atoms with Gasteiger partial charge in [0.2, 0.25) is 10.0 Å². The number of hydrogen-bond acceptors (Lipinski definition) is 5. The second-order valence-corrected chi connectivity index (χ2v) is 8.57. The third-order valence-corrected chi connectivity index (χ3v) is 6.72. The molecule has 0 saturated carbocycles. The van der Waals surface area contributed by atoms with Crippen molar-refractivity contribution in [2.24, 2.45) is 5.92 Å². The Bertz CT molecular complexity index is 592. The number of nitrogens with one attached hydrogen (secondary N) is 1. The number of ether oxygens (including phenoxy) is 1. The van der Waals surface area contributed by atoms with Gasteiger partial charge in [0.15, 0.2) is 0 Å². The monoisotopic (exact) mass is 383 g/mol. The molecule has 0 aliphatic carbocycles. The van der Waals surface area contributed by atoms with Gasteiger partial charge in [-0.2, -0.15) is 0 Å². The first-order valence-corrected chi connectivity index (χ1v) is 9.09. The first-order chi connectivity index (χ1) is 9.40. The van der Waals surface area contributed by atoms with Crippen molar-refractivity contribution in [3.63, 3.8) is 0 Å². The molecule has 2 rings (SSSR count). The Hall–Kier alpha value is -0.480. The topological polar surface area (TPSA) is 92.7 Å². The second kappa shape index (κ2) is 6.52. The lowest BCUT2D eigenvalue weighted by atomic mass is 10.0. The highest BCUT2D eigenvalue weighted by molar-refractivity contribution is 9.11. The van der Waals surface area contributed by atoms with Gasteiger partial charge in [-0.05, 0) is 40.8 Å². The molecule has 20 heavy (non-hydrogen) atoms. The van der Waals surface area contributed by atoms with E-state index < -0.39 is 16.0 Å². The predicted octanol–water partition coefficient (Wildman–Crippen LogP) is 1.91. The lowest BCUT2D eigenvalue weighted by Crippen LogP contribution is -2.32. The molecule has 1 aromatic heterocycles. The first kappa shape index (κ1) is 15.9. The van der Waals surface area contributed by atoms with Gasteiger partial charge >= 0.3 is 5.97 Å². The fourth-order valence-corrected chi connectivity index (χ4v) is 5.41. The summed E-state index contributed by atoms with van der Waals surface area (Å²) in [6, 6.07) is 1.17. The average Bonchev–Trinajstić information content (AvgIpc) is 2.81. The van der Waals surface area contributed by atoms with Crippen molar-refractivity contribution in [3.8, 4) is 0 Å². The van der Waals surface area contributed by atoms with Crippen molar-refractivity contribution in [3.05, 3.63) is 14.7 Å². The summed E-state index contributed by atoms with van der Waals surface area (Å²) in [6.07, 6.45) is 1.65. The molecule has 1 aliphatic heterocycles. The number of carboxylic acid groups (broad SMARTS) is 1. The molecule has 0 unspecified atom stereocenters. The number of carboxylic acids is 1. The summed E-state index contributed by atoms with van der Waals surface area (Å²) in [6.45, 7) is 1.64. The number of halogens is 1. The van der Waals surface area contributed by atoms with Gasteiger partial charge in [-0.3, -0.25) is 0 Å². The second-order valence-electron chi connectivity index (χ2n) is 4.46. The van der Waals surface area contributed by atoms with Gasteiger partial charge in [-0.1, -0.05) is 0 Å². The minimum Gasteiger partial charge on any atom is -0.477 e. The van der Waals surface area contributed by atoms with E-state index in [-0.39, 0.29) is 15.7 Å². The zero-order valence-corrected chi connectivity index (χ0v) is 13.7. The molecule has 0 radical (unpaired) electrons. The SMILES string of the molecule is O=C(O)c1cc(S(=O)(=O)NCC2CCOCC2)c(Br)s1. The quantitative estimate of drug-likeness (QED) is 0.809. The summed E-state index contributed by atoms with van der Waals surface area (Å²) < 4.78 is 32.4. The molecule has 0 atom stereocenters. The maximum absolute atomic E-state index is 12.2. The van der Waals surface area contributed by atoms with Crippen LogP contribution >= 0.6 is 27.3 Å². The van der Waals surface area contributed by atoms with E-state index >= 15 is 0 Å². The van der Waals surface area contributed by atoms with E-state index in [4.69, 9.17) is 9.84 Å². The zero-order valence-electron chi connectivity index (χ0n) is 10.5. The Morgan fingerprint density at radius 2 is 2.15 bits per heavy atom. The van der Waals surface area contributed by atoms with E-state index in [0.29, 0.717) is 23.5 Å². The molecule has 9 heteroatoms. The molecule has 1 aliphatic rings. The summed E-state index contributed by atoms with van der Waals surface area (Å²) in [5, 5.41) is 8.88. The number of thiophene rings is 1. The summed E-state index contributed by atoms with van der Waals surface area (Å²) in [5.41, 5.74) is 0. The Kier molecular flexibility index (Phi) is 5.19. The van der Waals surface area contributed by atoms with E-state index in [1.165, 1.54) is 6.07 Å². The van der Waals surface area contributed by atoms with Gasteiger partial charge in [0, 0.05) is 19.8 Å². The highest BCUT2D eigenvalue weighted by atomic mass is 79.9. The average molecular weight is 384 g/mol. The van der Waals surface area contributed by atoms with Crippen LogP contribution in [0.2, 0.25) is 0 Å². The minimum absolute atomic E-state index is 0.0108. The maximum atomic E-state index is 12.2. The third-order valence-electron chi connectivity index (χ3n) is 3.06. The largest absolute Gasteiger partial charge is 0.477 e. The van der Waals surface area contributed by atoms with Crippen LogP contribution in [-0.4, -0.2) is 39.3 Å². The third kappa shape index (κ3) is 3.79. The number of carbonyl (C=O) groups is 1. The molecule has 0 bridgehead atoms. The molecular formula is C11H14BrNO5S2. The molecule has 0 spiro atoms. The molecule has 112 valence electrons. The van der Waals surface area contributed by atoms with Crippen LogP contribution in [0.4, 0.5) is 0 Å². The first-order valence-electron chi connectivity index (χ1n) is 6.00. The molecule has 2 heterocycles. The number of aromatic carboxylic acids is 1. The van der Waals surface area contributed by atoms with Crippen LogP contribution in [0.5, 0.6) is 0 Å². The molecule has 1 fully saturated rings. The normalized spacial score (nSPS) is 17.2. The molecular weight excluding hydrogens is 370 g/mol. The Labute approximate surface area is 129 Å². The van der Waals surface area contributed by atoms with Gasteiger partial charge in [0.25, 0.3) is 0 Å². The van der Waals surface area contributed by atoms with E-state index in [1.54, 1.807) is 0 Å². The van der Waals surface area contributed by atoms with Crippen LogP contribution in [0.15, 0.2) is 14.7 Å². The summed E-state index contributed by atoms with van der Waals surface area (Å²) in [4.78, 5) is 10.8.